The van der Waals surface area contributed by atoms with Gasteiger partial charge in [-0.1, -0.05) is 6.07 Å². The third-order valence-corrected chi connectivity index (χ3v) is 3.68. The summed E-state index contributed by atoms with van der Waals surface area (Å²) in [5.74, 6) is -0.408. The number of H-pyrrole nitrogens is 1. The summed E-state index contributed by atoms with van der Waals surface area (Å²) in [4.78, 5) is 37.9. The van der Waals surface area contributed by atoms with Crippen LogP contribution in [-0.4, -0.2) is 23.8 Å². The minimum Gasteiger partial charge on any atom is -0.497 e. The van der Waals surface area contributed by atoms with Crippen LogP contribution in [0.4, 0.5) is 5.69 Å². The van der Waals surface area contributed by atoms with E-state index in [1.807, 2.05) is 0 Å². The molecule has 128 valence electrons. The topological polar surface area (TPSA) is 101 Å². The van der Waals surface area contributed by atoms with Gasteiger partial charge in [0.15, 0.2) is 11.4 Å². The first-order valence-corrected chi connectivity index (χ1v) is 7.65. The molecule has 2 aromatic carbocycles. The van der Waals surface area contributed by atoms with Gasteiger partial charge in [-0.25, -0.2) is 4.79 Å². The lowest BCUT2D eigenvalue weighted by Crippen LogP contribution is -2.13. The van der Waals surface area contributed by atoms with Crippen LogP contribution in [0.2, 0.25) is 0 Å². The Morgan fingerprint density at radius 2 is 2.00 bits per heavy atom. The Morgan fingerprint density at radius 1 is 1.16 bits per heavy atom. The first-order chi connectivity index (χ1) is 12.0. The second-order valence-electron chi connectivity index (χ2n) is 5.43. The normalized spacial score (nSPS) is 10.6. The van der Waals surface area contributed by atoms with Crippen molar-refractivity contribution >= 4 is 28.5 Å². The number of hydrogen-bond donors (Lipinski definition) is 2. The number of Topliss-reactive ketones (excluding diaryl/α,β-unsaturated/α-hetero) is 1. The molecular formula is C18H16N2O5. The van der Waals surface area contributed by atoms with Gasteiger partial charge in [0.2, 0.25) is 5.91 Å². The molecule has 0 unspecified atom stereocenters. The number of hydrogen-bond acceptors (Lipinski definition) is 5. The zero-order chi connectivity index (χ0) is 17.8. The lowest BCUT2D eigenvalue weighted by molar-refractivity contribution is -0.116. The Labute approximate surface area is 142 Å². The van der Waals surface area contributed by atoms with Crippen LogP contribution in [0.1, 0.15) is 23.2 Å². The van der Waals surface area contributed by atoms with E-state index in [0.29, 0.717) is 28.1 Å². The maximum atomic E-state index is 12.2. The minimum absolute atomic E-state index is 0.0468. The van der Waals surface area contributed by atoms with E-state index in [4.69, 9.17) is 9.15 Å². The fourth-order valence-corrected chi connectivity index (χ4v) is 2.41. The van der Waals surface area contributed by atoms with Crippen molar-refractivity contribution in [3.05, 3.63) is 58.6 Å². The van der Waals surface area contributed by atoms with Gasteiger partial charge in [-0.05, 0) is 30.3 Å². The van der Waals surface area contributed by atoms with Gasteiger partial charge >= 0.3 is 5.76 Å². The largest absolute Gasteiger partial charge is 0.497 e. The number of ether oxygens (including phenoxy) is 1. The lowest BCUT2D eigenvalue weighted by Gasteiger charge is -2.07. The van der Waals surface area contributed by atoms with Crippen molar-refractivity contribution in [2.45, 2.75) is 12.8 Å². The van der Waals surface area contributed by atoms with Gasteiger partial charge in [0, 0.05) is 30.2 Å². The van der Waals surface area contributed by atoms with Crippen LogP contribution in [0, 0.1) is 0 Å². The third-order valence-electron chi connectivity index (χ3n) is 3.68. The first kappa shape index (κ1) is 16.5. The van der Waals surface area contributed by atoms with Crippen molar-refractivity contribution in [3.8, 4) is 5.75 Å². The van der Waals surface area contributed by atoms with E-state index in [9.17, 15) is 14.4 Å². The molecule has 0 atom stereocenters. The number of benzene rings is 2. The molecule has 3 aromatic rings. The number of rotatable bonds is 6. The smallest absolute Gasteiger partial charge is 0.417 e. The zero-order valence-electron chi connectivity index (χ0n) is 13.5. The number of aromatic nitrogens is 1. The Bertz CT molecular complexity index is 986. The molecule has 1 heterocycles. The molecule has 0 aliphatic carbocycles. The third kappa shape index (κ3) is 3.95. The van der Waals surface area contributed by atoms with Gasteiger partial charge in [0.05, 0.1) is 12.6 Å². The van der Waals surface area contributed by atoms with Crippen LogP contribution >= 0.6 is 0 Å². The summed E-state index contributed by atoms with van der Waals surface area (Å²) < 4.78 is 10.0. The monoisotopic (exact) mass is 340 g/mol. The summed E-state index contributed by atoms with van der Waals surface area (Å²) in [6.07, 6.45) is 0.0983. The number of nitrogens with one attached hydrogen (secondary N) is 2. The highest BCUT2D eigenvalue weighted by molar-refractivity contribution is 6.01. The van der Waals surface area contributed by atoms with E-state index in [0.717, 1.165) is 0 Å². The Hall–Kier alpha value is -3.35. The standard InChI is InChI=1S/C18H16N2O5/c1-24-13-4-2-3-12(10-13)19-17(22)8-7-15(21)11-5-6-14-16(9-11)25-18(23)20-14/h2-6,9-10H,7-8H2,1H3,(H,19,22)(H,20,23). The second kappa shape index (κ2) is 7.04. The van der Waals surface area contributed by atoms with Crippen molar-refractivity contribution in [2.24, 2.45) is 0 Å². The van der Waals surface area contributed by atoms with Crippen LogP contribution in [-0.2, 0) is 4.79 Å². The van der Waals surface area contributed by atoms with Gasteiger partial charge in [0.1, 0.15) is 5.75 Å². The fraction of sp³-hybridized carbons (Fsp3) is 0.167. The van der Waals surface area contributed by atoms with Crippen LogP contribution in [0.5, 0.6) is 5.75 Å². The van der Waals surface area contributed by atoms with Crippen LogP contribution < -0.4 is 15.8 Å². The number of anilines is 1. The SMILES string of the molecule is COc1cccc(NC(=O)CCC(=O)c2ccc3[nH]c(=O)oc3c2)c1. The highest BCUT2D eigenvalue weighted by atomic mass is 16.5. The Kier molecular flexibility index (Phi) is 4.65. The van der Waals surface area contributed by atoms with Crippen LogP contribution in [0.25, 0.3) is 11.1 Å². The molecule has 7 nitrogen and oxygen atoms in total. The molecule has 0 aliphatic rings. The molecule has 0 fully saturated rings. The number of ketones is 1. The van der Waals surface area contributed by atoms with E-state index in [2.05, 4.69) is 10.3 Å². The number of methoxy groups -OCH3 is 1. The van der Waals surface area contributed by atoms with E-state index < -0.39 is 5.76 Å². The number of carbonyl (C=O) groups excluding carboxylic acids is 2. The molecule has 25 heavy (non-hydrogen) atoms. The van der Waals surface area contributed by atoms with E-state index in [1.54, 1.807) is 43.5 Å². The average molecular weight is 340 g/mol. The Balaban J connectivity index is 1.60. The highest BCUT2D eigenvalue weighted by Gasteiger charge is 2.12. The summed E-state index contributed by atoms with van der Waals surface area (Å²) >= 11 is 0. The summed E-state index contributed by atoms with van der Waals surface area (Å²) in [5, 5.41) is 2.72. The molecule has 3 rings (SSSR count). The predicted molar refractivity (Wildman–Crippen MR) is 92.0 cm³/mol. The van der Waals surface area contributed by atoms with Crippen molar-refractivity contribution in [3.63, 3.8) is 0 Å². The van der Waals surface area contributed by atoms with E-state index in [1.165, 1.54) is 6.07 Å². The van der Waals surface area contributed by atoms with Gasteiger partial charge in [0.25, 0.3) is 0 Å². The van der Waals surface area contributed by atoms with Gasteiger partial charge in [-0.15, -0.1) is 0 Å². The highest BCUT2D eigenvalue weighted by Crippen LogP contribution is 2.18. The molecule has 0 saturated carbocycles. The average Bonchev–Trinajstić information content (AvgIpc) is 2.99. The molecule has 0 aliphatic heterocycles. The van der Waals surface area contributed by atoms with Crippen molar-refractivity contribution in [2.75, 3.05) is 12.4 Å². The maximum absolute atomic E-state index is 12.2. The number of aromatic amines is 1. The zero-order valence-corrected chi connectivity index (χ0v) is 13.5. The number of carbonyl (C=O) groups is 2. The van der Waals surface area contributed by atoms with E-state index >= 15 is 0 Å². The van der Waals surface area contributed by atoms with Crippen molar-refractivity contribution < 1.29 is 18.7 Å². The molecule has 0 bridgehead atoms. The van der Waals surface area contributed by atoms with Crippen LogP contribution in [0.15, 0.2) is 51.7 Å². The van der Waals surface area contributed by atoms with Gasteiger partial charge < -0.3 is 14.5 Å². The summed E-state index contributed by atoms with van der Waals surface area (Å²) in [6, 6.07) is 11.7. The molecule has 0 spiro atoms. The van der Waals surface area contributed by atoms with Gasteiger partial charge in [-0.2, -0.15) is 0 Å². The van der Waals surface area contributed by atoms with Crippen molar-refractivity contribution in [1.29, 1.82) is 0 Å². The first-order valence-electron chi connectivity index (χ1n) is 7.65. The quantitative estimate of drug-likeness (QED) is 0.672. The second-order valence-corrected chi connectivity index (χ2v) is 5.43. The molecule has 1 aromatic heterocycles. The fourth-order valence-electron chi connectivity index (χ4n) is 2.41. The van der Waals surface area contributed by atoms with Crippen LogP contribution in [0.3, 0.4) is 0 Å². The molecule has 2 N–H and O–H groups in total. The summed E-state index contributed by atoms with van der Waals surface area (Å²) in [7, 11) is 1.54. The maximum Gasteiger partial charge on any atom is 0.417 e. The molecule has 0 radical (unpaired) electrons. The summed E-state index contributed by atoms with van der Waals surface area (Å²) in [6.45, 7) is 0. The summed E-state index contributed by atoms with van der Waals surface area (Å²) in [5.41, 5.74) is 1.84. The lowest BCUT2D eigenvalue weighted by atomic mass is 10.1. The Morgan fingerprint density at radius 3 is 2.80 bits per heavy atom. The molecule has 1 amide bonds. The predicted octanol–water partition coefficient (Wildman–Crippen LogP) is 2.73. The van der Waals surface area contributed by atoms with Crippen molar-refractivity contribution in [1.82, 2.24) is 4.98 Å². The number of oxazole rings is 1. The molecule has 0 saturated heterocycles. The molecule has 7 heteroatoms. The van der Waals surface area contributed by atoms with Gasteiger partial charge in [-0.3, -0.25) is 14.6 Å². The minimum atomic E-state index is -0.572. The number of amides is 1. The van der Waals surface area contributed by atoms with E-state index in [-0.39, 0.29) is 24.5 Å². The number of fused-ring (bicyclic) bond motifs is 1. The molecular weight excluding hydrogens is 324 g/mol.